The summed E-state index contributed by atoms with van der Waals surface area (Å²) in [7, 11) is 1.90. The molecule has 0 spiro atoms. The van der Waals surface area contributed by atoms with Crippen LogP contribution in [-0.2, 0) is 7.05 Å². The van der Waals surface area contributed by atoms with E-state index in [2.05, 4.69) is 42.0 Å². The van der Waals surface area contributed by atoms with Crippen molar-refractivity contribution in [2.75, 3.05) is 0 Å². The van der Waals surface area contributed by atoms with E-state index in [4.69, 9.17) is 0 Å². The molecular formula is C18H16N4. The maximum atomic E-state index is 9.52. The molecule has 0 atom stereocenters. The predicted molar refractivity (Wildman–Crippen MR) is 87.9 cm³/mol. The summed E-state index contributed by atoms with van der Waals surface area (Å²) >= 11 is 0. The lowest BCUT2D eigenvalue weighted by Gasteiger charge is -2.03. The zero-order valence-electron chi connectivity index (χ0n) is 12.8. The molecule has 3 rings (SSSR count). The third-order valence-corrected chi connectivity index (χ3v) is 3.86. The average Bonchev–Trinajstić information content (AvgIpc) is 2.86. The van der Waals surface area contributed by atoms with Crippen molar-refractivity contribution in [3.05, 3.63) is 59.0 Å². The number of benzene rings is 1. The van der Waals surface area contributed by atoms with Gasteiger partial charge in [0, 0.05) is 13.2 Å². The Morgan fingerprint density at radius 1 is 1.23 bits per heavy atom. The molecule has 0 radical (unpaired) electrons. The number of imidazole rings is 1. The molecule has 4 heteroatoms. The fourth-order valence-electron chi connectivity index (χ4n) is 2.43. The average molecular weight is 288 g/mol. The molecule has 0 bridgehead atoms. The van der Waals surface area contributed by atoms with Gasteiger partial charge in [-0.3, -0.25) is 0 Å². The molecule has 0 aliphatic carbocycles. The quantitative estimate of drug-likeness (QED) is 0.676. The van der Waals surface area contributed by atoms with E-state index in [0.717, 1.165) is 11.1 Å². The molecule has 108 valence electrons. The Hall–Kier alpha value is -2.93. The van der Waals surface area contributed by atoms with Crippen molar-refractivity contribution in [1.29, 1.82) is 5.26 Å². The summed E-state index contributed by atoms with van der Waals surface area (Å²) in [5.41, 5.74) is 5.55. The first-order chi connectivity index (χ1) is 10.6. The topological polar surface area (TPSA) is 54.5 Å². The lowest BCUT2D eigenvalue weighted by Crippen LogP contribution is -1.96. The van der Waals surface area contributed by atoms with Gasteiger partial charge in [0.1, 0.15) is 6.07 Å². The van der Waals surface area contributed by atoms with Crippen molar-refractivity contribution in [2.24, 2.45) is 7.05 Å². The SMILES string of the molecule is Cc1ccc(C=C(C#N)c2nc3ncccc3n2C)cc1C. The van der Waals surface area contributed by atoms with E-state index in [-0.39, 0.29) is 0 Å². The second kappa shape index (κ2) is 5.45. The maximum Gasteiger partial charge on any atom is 0.178 e. The molecule has 4 nitrogen and oxygen atoms in total. The second-order valence-corrected chi connectivity index (χ2v) is 5.35. The number of fused-ring (bicyclic) bond motifs is 1. The van der Waals surface area contributed by atoms with Crippen LogP contribution in [0, 0.1) is 25.2 Å². The Bertz CT molecular complexity index is 926. The molecule has 0 saturated carbocycles. The number of rotatable bonds is 2. The fraction of sp³-hybridized carbons (Fsp3) is 0.167. The van der Waals surface area contributed by atoms with Crippen LogP contribution in [-0.4, -0.2) is 14.5 Å². The van der Waals surface area contributed by atoms with Crippen molar-refractivity contribution < 1.29 is 0 Å². The number of aromatic nitrogens is 3. The van der Waals surface area contributed by atoms with Crippen molar-refractivity contribution in [1.82, 2.24) is 14.5 Å². The summed E-state index contributed by atoms with van der Waals surface area (Å²) in [6.07, 6.45) is 3.58. The van der Waals surface area contributed by atoms with Crippen LogP contribution < -0.4 is 0 Å². The van der Waals surface area contributed by atoms with Gasteiger partial charge >= 0.3 is 0 Å². The predicted octanol–water partition coefficient (Wildman–Crippen LogP) is 3.65. The molecule has 2 heterocycles. The molecule has 1 aromatic carbocycles. The van der Waals surface area contributed by atoms with Gasteiger partial charge in [0.2, 0.25) is 0 Å². The van der Waals surface area contributed by atoms with Gasteiger partial charge in [0.05, 0.1) is 11.1 Å². The van der Waals surface area contributed by atoms with E-state index in [1.165, 1.54) is 11.1 Å². The molecular weight excluding hydrogens is 272 g/mol. The first-order valence-electron chi connectivity index (χ1n) is 7.07. The van der Waals surface area contributed by atoms with Gasteiger partial charge < -0.3 is 4.57 Å². The van der Waals surface area contributed by atoms with Gasteiger partial charge in [-0.2, -0.15) is 5.26 Å². The molecule has 0 amide bonds. The van der Waals surface area contributed by atoms with Gasteiger partial charge in [-0.1, -0.05) is 18.2 Å². The Labute approximate surface area is 129 Å². The lowest BCUT2D eigenvalue weighted by molar-refractivity contribution is 0.925. The number of nitriles is 1. The highest BCUT2D eigenvalue weighted by Crippen LogP contribution is 2.21. The highest BCUT2D eigenvalue weighted by molar-refractivity contribution is 5.90. The molecule has 3 aromatic rings. The molecule has 0 unspecified atom stereocenters. The van der Waals surface area contributed by atoms with E-state index in [1.807, 2.05) is 35.9 Å². The first kappa shape index (κ1) is 14.0. The van der Waals surface area contributed by atoms with Crippen molar-refractivity contribution >= 4 is 22.8 Å². The number of allylic oxidation sites excluding steroid dienone is 1. The smallest absolute Gasteiger partial charge is 0.178 e. The maximum absolute atomic E-state index is 9.52. The summed E-state index contributed by atoms with van der Waals surface area (Å²) in [6.45, 7) is 4.14. The van der Waals surface area contributed by atoms with Crippen LogP contribution in [0.25, 0.3) is 22.8 Å². The number of nitrogens with zero attached hydrogens (tertiary/aromatic N) is 4. The van der Waals surface area contributed by atoms with Crippen LogP contribution in [0.3, 0.4) is 0 Å². The largest absolute Gasteiger partial charge is 0.325 e. The second-order valence-electron chi connectivity index (χ2n) is 5.35. The minimum absolute atomic E-state index is 0.531. The normalized spacial score (nSPS) is 11.6. The summed E-state index contributed by atoms with van der Waals surface area (Å²) in [4.78, 5) is 8.72. The Kier molecular flexibility index (Phi) is 3.48. The summed E-state index contributed by atoms with van der Waals surface area (Å²) < 4.78 is 1.90. The number of hydrogen-bond acceptors (Lipinski definition) is 3. The molecule has 0 N–H and O–H groups in total. The standard InChI is InChI=1S/C18H16N4/c1-12-6-7-14(9-13(12)2)10-15(11-19)18-21-17-16(22(18)3)5-4-8-20-17/h4-10H,1-3H3. The van der Waals surface area contributed by atoms with Crippen LogP contribution in [0.15, 0.2) is 36.5 Å². The van der Waals surface area contributed by atoms with E-state index in [1.54, 1.807) is 6.20 Å². The molecule has 2 aromatic heterocycles. The minimum Gasteiger partial charge on any atom is -0.325 e. The lowest BCUT2D eigenvalue weighted by atomic mass is 10.0. The van der Waals surface area contributed by atoms with Crippen LogP contribution >= 0.6 is 0 Å². The third kappa shape index (κ3) is 2.38. The van der Waals surface area contributed by atoms with Crippen molar-refractivity contribution in [3.63, 3.8) is 0 Å². The molecule has 22 heavy (non-hydrogen) atoms. The van der Waals surface area contributed by atoms with Crippen LogP contribution in [0.1, 0.15) is 22.5 Å². The zero-order valence-corrected chi connectivity index (χ0v) is 12.8. The molecule has 0 fully saturated rings. The van der Waals surface area contributed by atoms with Crippen molar-refractivity contribution in [2.45, 2.75) is 13.8 Å². The summed E-state index contributed by atoms with van der Waals surface area (Å²) in [5, 5.41) is 9.52. The molecule has 0 aliphatic heterocycles. The summed E-state index contributed by atoms with van der Waals surface area (Å²) in [6, 6.07) is 12.2. The van der Waals surface area contributed by atoms with Gasteiger partial charge in [-0.05, 0) is 48.7 Å². The van der Waals surface area contributed by atoms with Crippen molar-refractivity contribution in [3.8, 4) is 6.07 Å². The Morgan fingerprint density at radius 3 is 2.73 bits per heavy atom. The van der Waals surface area contributed by atoms with Gasteiger partial charge in [0.25, 0.3) is 0 Å². The number of hydrogen-bond donors (Lipinski definition) is 0. The number of pyridine rings is 1. The van der Waals surface area contributed by atoms with E-state index < -0.39 is 0 Å². The van der Waals surface area contributed by atoms with Gasteiger partial charge in [-0.15, -0.1) is 0 Å². The van der Waals surface area contributed by atoms with E-state index in [0.29, 0.717) is 17.0 Å². The Balaban J connectivity index is 2.13. The zero-order chi connectivity index (χ0) is 15.7. The minimum atomic E-state index is 0.531. The Morgan fingerprint density at radius 2 is 2.05 bits per heavy atom. The van der Waals surface area contributed by atoms with Crippen LogP contribution in [0.4, 0.5) is 0 Å². The molecule has 0 aliphatic rings. The van der Waals surface area contributed by atoms with Gasteiger partial charge in [-0.25, -0.2) is 9.97 Å². The van der Waals surface area contributed by atoms with E-state index >= 15 is 0 Å². The van der Waals surface area contributed by atoms with Crippen LogP contribution in [0.2, 0.25) is 0 Å². The highest BCUT2D eigenvalue weighted by Gasteiger charge is 2.12. The van der Waals surface area contributed by atoms with Gasteiger partial charge in [0.15, 0.2) is 11.5 Å². The third-order valence-electron chi connectivity index (χ3n) is 3.86. The summed E-state index contributed by atoms with van der Waals surface area (Å²) in [5.74, 6) is 0.634. The highest BCUT2D eigenvalue weighted by atomic mass is 15.1. The first-order valence-corrected chi connectivity index (χ1v) is 7.07. The van der Waals surface area contributed by atoms with Crippen LogP contribution in [0.5, 0.6) is 0 Å². The monoisotopic (exact) mass is 288 g/mol. The fourth-order valence-corrected chi connectivity index (χ4v) is 2.43. The number of aryl methyl sites for hydroxylation is 3. The van der Waals surface area contributed by atoms with E-state index in [9.17, 15) is 5.26 Å². The molecule has 0 saturated heterocycles.